The Balaban J connectivity index is 2.34. The summed E-state index contributed by atoms with van der Waals surface area (Å²) in [5.41, 5.74) is 6.40. The SMILES string of the molecule is N#Cc1cccc(Sc2ccccc2C(N)=O)c1. The zero-order chi connectivity index (χ0) is 13.0. The van der Waals surface area contributed by atoms with Gasteiger partial charge in [0, 0.05) is 9.79 Å². The van der Waals surface area contributed by atoms with Gasteiger partial charge >= 0.3 is 0 Å². The molecule has 0 aliphatic carbocycles. The largest absolute Gasteiger partial charge is 0.366 e. The minimum absolute atomic E-state index is 0.450. The van der Waals surface area contributed by atoms with Gasteiger partial charge in [-0.25, -0.2) is 0 Å². The second kappa shape index (κ2) is 5.39. The van der Waals surface area contributed by atoms with E-state index in [-0.39, 0.29) is 0 Å². The molecule has 2 N–H and O–H groups in total. The van der Waals surface area contributed by atoms with Gasteiger partial charge in [-0.3, -0.25) is 4.79 Å². The van der Waals surface area contributed by atoms with Gasteiger partial charge in [0.05, 0.1) is 17.2 Å². The highest BCUT2D eigenvalue weighted by Gasteiger charge is 2.08. The van der Waals surface area contributed by atoms with Crippen LogP contribution in [0.25, 0.3) is 0 Å². The van der Waals surface area contributed by atoms with Crippen LogP contribution in [0, 0.1) is 11.3 Å². The minimum Gasteiger partial charge on any atom is -0.366 e. The van der Waals surface area contributed by atoms with Crippen molar-refractivity contribution in [1.82, 2.24) is 0 Å². The number of carbonyl (C=O) groups is 1. The third-order valence-electron chi connectivity index (χ3n) is 2.34. The Kier molecular flexibility index (Phi) is 3.66. The number of benzene rings is 2. The van der Waals surface area contributed by atoms with Gasteiger partial charge in [0.25, 0.3) is 0 Å². The lowest BCUT2D eigenvalue weighted by Gasteiger charge is -2.06. The maximum atomic E-state index is 11.3. The number of nitrogens with zero attached hydrogens (tertiary/aromatic N) is 1. The lowest BCUT2D eigenvalue weighted by Crippen LogP contribution is -2.11. The molecule has 1 amide bonds. The van der Waals surface area contributed by atoms with E-state index in [4.69, 9.17) is 11.0 Å². The Morgan fingerprint density at radius 3 is 2.67 bits per heavy atom. The van der Waals surface area contributed by atoms with E-state index in [2.05, 4.69) is 6.07 Å². The average molecular weight is 254 g/mol. The molecular weight excluding hydrogens is 244 g/mol. The van der Waals surface area contributed by atoms with Gasteiger partial charge < -0.3 is 5.73 Å². The molecule has 0 unspecified atom stereocenters. The standard InChI is InChI=1S/C14H10N2OS/c15-9-10-4-3-5-11(8-10)18-13-7-2-1-6-12(13)14(16)17/h1-8H,(H2,16,17). The lowest BCUT2D eigenvalue weighted by atomic mass is 10.2. The molecule has 0 saturated heterocycles. The summed E-state index contributed by atoms with van der Waals surface area (Å²) in [6.45, 7) is 0. The van der Waals surface area contributed by atoms with Crippen LogP contribution in [0.5, 0.6) is 0 Å². The van der Waals surface area contributed by atoms with Crippen molar-refractivity contribution in [2.45, 2.75) is 9.79 Å². The molecule has 2 rings (SSSR count). The summed E-state index contributed by atoms with van der Waals surface area (Å²) < 4.78 is 0. The van der Waals surface area contributed by atoms with Crippen LogP contribution in [0.15, 0.2) is 58.3 Å². The summed E-state index contributed by atoms with van der Waals surface area (Å²) in [5.74, 6) is -0.450. The number of primary amides is 1. The second-order valence-corrected chi connectivity index (χ2v) is 4.72. The van der Waals surface area contributed by atoms with E-state index < -0.39 is 5.91 Å². The molecule has 0 aromatic heterocycles. The molecule has 18 heavy (non-hydrogen) atoms. The molecule has 0 bridgehead atoms. The van der Waals surface area contributed by atoms with E-state index in [9.17, 15) is 4.79 Å². The first-order valence-electron chi connectivity index (χ1n) is 5.27. The van der Waals surface area contributed by atoms with Gasteiger partial charge in [-0.2, -0.15) is 5.26 Å². The van der Waals surface area contributed by atoms with Crippen LogP contribution in [-0.2, 0) is 0 Å². The third kappa shape index (κ3) is 2.70. The number of nitrogens with two attached hydrogens (primary N) is 1. The fourth-order valence-electron chi connectivity index (χ4n) is 1.52. The first kappa shape index (κ1) is 12.2. The quantitative estimate of drug-likeness (QED) is 0.915. The van der Waals surface area contributed by atoms with Crippen molar-refractivity contribution in [3.63, 3.8) is 0 Å². The fraction of sp³-hybridized carbons (Fsp3) is 0. The predicted molar refractivity (Wildman–Crippen MR) is 70.2 cm³/mol. The summed E-state index contributed by atoms with van der Waals surface area (Å²) in [7, 11) is 0. The van der Waals surface area contributed by atoms with E-state index in [1.807, 2.05) is 24.3 Å². The van der Waals surface area contributed by atoms with Crippen LogP contribution in [0.4, 0.5) is 0 Å². The Bertz CT molecular complexity index is 632. The Morgan fingerprint density at radius 2 is 1.94 bits per heavy atom. The first-order valence-corrected chi connectivity index (χ1v) is 6.09. The summed E-state index contributed by atoms with van der Waals surface area (Å²) in [6.07, 6.45) is 0. The van der Waals surface area contributed by atoms with Crippen molar-refractivity contribution in [2.75, 3.05) is 0 Å². The molecule has 0 radical (unpaired) electrons. The highest BCUT2D eigenvalue weighted by Crippen LogP contribution is 2.30. The molecule has 0 spiro atoms. The van der Waals surface area contributed by atoms with Crippen molar-refractivity contribution in [3.8, 4) is 6.07 Å². The van der Waals surface area contributed by atoms with Gasteiger partial charge in [-0.15, -0.1) is 0 Å². The topological polar surface area (TPSA) is 66.9 Å². The molecule has 0 atom stereocenters. The van der Waals surface area contributed by atoms with Crippen molar-refractivity contribution in [3.05, 3.63) is 59.7 Å². The second-order valence-electron chi connectivity index (χ2n) is 3.60. The number of hydrogen-bond acceptors (Lipinski definition) is 3. The lowest BCUT2D eigenvalue weighted by molar-refractivity contribution is 0.0997. The monoisotopic (exact) mass is 254 g/mol. The third-order valence-corrected chi connectivity index (χ3v) is 3.41. The van der Waals surface area contributed by atoms with Crippen LogP contribution < -0.4 is 5.73 Å². The van der Waals surface area contributed by atoms with E-state index >= 15 is 0 Å². The molecule has 2 aromatic carbocycles. The van der Waals surface area contributed by atoms with Crippen molar-refractivity contribution in [2.24, 2.45) is 5.73 Å². The zero-order valence-electron chi connectivity index (χ0n) is 9.46. The molecular formula is C14H10N2OS. The van der Waals surface area contributed by atoms with Gasteiger partial charge in [0.15, 0.2) is 0 Å². The number of rotatable bonds is 3. The van der Waals surface area contributed by atoms with Crippen molar-refractivity contribution < 1.29 is 4.79 Å². The van der Waals surface area contributed by atoms with E-state index in [1.54, 1.807) is 24.3 Å². The summed E-state index contributed by atoms with van der Waals surface area (Å²) in [5, 5.41) is 8.84. The van der Waals surface area contributed by atoms with Gasteiger partial charge in [0.1, 0.15) is 0 Å². The minimum atomic E-state index is -0.450. The van der Waals surface area contributed by atoms with E-state index in [1.165, 1.54) is 11.8 Å². The Labute approximate surface area is 109 Å². The predicted octanol–water partition coefficient (Wildman–Crippen LogP) is 2.81. The Hall–Kier alpha value is -2.25. The summed E-state index contributed by atoms with van der Waals surface area (Å²) in [6, 6.07) is 16.5. The van der Waals surface area contributed by atoms with E-state index in [0.717, 1.165) is 9.79 Å². The maximum absolute atomic E-state index is 11.3. The van der Waals surface area contributed by atoms with Crippen LogP contribution in [0.1, 0.15) is 15.9 Å². The fourth-order valence-corrected chi connectivity index (χ4v) is 2.53. The molecule has 2 aromatic rings. The van der Waals surface area contributed by atoms with Gasteiger partial charge in [-0.1, -0.05) is 30.0 Å². The maximum Gasteiger partial charge on any atom is 0.249 e. The molecule has 3 nitrogen and oxygen atoms in total. The van der Waals surface area contributed by atoms with E-state index in [0.29, 0.717) is 11.1 Å². The molecule has 0 aliphatic heterocycles. The zero-order valence-corrected chi connectivity index (χ0v) is 10.3. The number of carbonyl (C=O) groups excluding carboxylic acids is 1. The highest BCUT2D eigenvalue weighted by molar-refractivity contribution is 7.99. The van der Waals surface area contributed by atoms with Crippen molar-refractivity contribution >= 4 is 17.7 Å². The molecule has 0 heterocycles. The summed E-state index contributed by atoms with van der Waals surface area (Å²) in [4.78, 5) is 13.0. The van der Waals surface area contributed by atoms with Crippen LogP contribution >= 0.6 is 11.8 Å². The van der Waals surface area contributed by atoms with Crippen molar-refractivity contribution in [1.29, 1.82) is 5.26 Å². The van der Waals surface area contributed by atoms with Crippen LogP contribution in [-0.4, -0.2) is 5.91 Å². The molecule has 0 aliphatic rings. The van der Waals surface area contributed by atoms with Gasteiger partial charge in [0.2, 0.25) is 5.91 Å². The first-order chi connectivity index (χ1) is 8.70. The smallest absolute Gasteiger partial charge is 0.249 e. The highest BCUT2D eigenvalue weighted by atomic mass is 32.2. The normalized spacial score (nSPS) is 9.72. The number of nitriles is 1. The molecule has 0 saturated carbocycles. The molecule has 4 heteroatoms. The summed E-state index contributed by atoms with van der Waals surface area (Å²) >= 11 is 1.42. The molecule has 88 valence electrons. The van der Waals surface area contributed by atoms with Crippen LogP contribution in [0.2, 0.25) is 0 Å². The van der Waals surface area contributed by atoms with Gasteiger partial charge in [-0.05, 0) is 30.3 Å². The average Bonchev–Trinajstić information content (AvgIpc) is 2.39. The number of amides is 1. The number of hydrogen-bond donors (Lipinski definition) is 1. The molecule has 0 fully saturated rings. The van der Waals surface area contributed by atoms with Crippen LogP contribution in [0.3, 0.4) is 0 Å². The Morgan fingerprint density at radius 1 is 1.17 bits per heavy atom.